The van der Waals surface area contributed by atoms with Crippen LogP contribution in [-0.4, -0.2) is 45.0 Å². The minimum atomic E-state index is -0.940. The highest BCUT2D eigenvalue weighted by atomic mass is 16.6. The van der Waals surface area contributed by atoms with Crippen LogP contribution in [0.5, 0.6) is 0 Å². The van der Waals surface area contributed by atoms with Crippen molar-refractivity contribution in [2.45, 2.75) is 12.6 Å². The van der Waals surface area contributed by atoms with Gasteiger partial charge in [-0.15, -0.1) is 0 Å². The van der Waals surface area contributed by atoms with Gasteiger partial charge < -0.3 is 25.3 Å². The fraction of sp³-hybridized carbons (Fsp3) is 0.429. The summed E-state index contributed by atoms with van der Waals surface area (Å²) in [5.74, 6) is -0.619. The smallest absolute Gasteiger partial charge is 0.408 e. The van der Waals surface area contributed by atoms with Gasteiger partial charge in [-0.3, -0.25) is 0 Å². The Morgan fingerprint density at radius 3 is 2.52 bits per heavy atom. The number of nitrogens with one attached hydrogen (secondary N) is 1. The second-order valence-corrected chi connectivity index (χ2v) is 4.15. The number of benzene rings is 1. The predicted molar refractivity (Wildman–Crippen MR) is 75.4 cm³/mol. The van der Waals surface area contributed by atoms with Gasteiger partial charge in [0.25, 0.3) is 0 Å². The highest BCUT2D eigenvalue weighted by Crippen LogP contribution is 2.01. The topological polar surface area (TPSA) is 99.9 Å². The Morgan fingerprint density at radius 1 is 1.19 bits per heavy atom. The summed E-state index contributed by atoms with van der Waals surface area (Å²) in [6.07, 6.45) is -0.724. The molecule has 0 aromatic heterocycles. The summed E-state index contributed by atoms with van der Waals surface area (Å²) in [5.41, 5.74) is 6.28. The quantitative estimate of drug-likeness (QED) is 0.533. The molecule has 1 atom stereocenters. The van der Waals surface area contributed by atoms with E-state index in [4.69, 9.17) is 19.9 Å². The normalized spacial score (nSPS) is 11.5. The number of hydrogen-bond donors (Lipinski definition) is 2. The Labute approximate surface area is 123 Å². The van der Waals surface area contributed by atoms with Crippen LogP contribution in [0.25, 0.3) is 0 Å². The van der Waals surface area contributed by atoms with E-state index in [0.29, 0.717) is 0 Å². The Kier molecular flexibility index (Phi) is 7.85. The highest BCUT2D eigenvalue weighted by Gasteiger charge is 2.21. The third-order valence-corrected chi connectivity index (χ3v) is 2.56. The summed E-state index contributed by atoms with van der Waals surface area (Å²) in [6, 6.07) is 8.26. The molecule has 1 aromatic rings. The monoisotopic (exact) mass is 296 g/mol. The Bertz CT molecular complexity index is 438. The minimum Gasteiger partial charge on any atom is -0.462 e. The van der Waals surface area contributed by atoms with E-state index in [-0.39, 0.29) is 26.4 Å². The highest BCUT2D eigenvalue weighted by molar-refractivity contribution is 5.81. The minimum absolute atomic E-state index is 0.0771. The molecular formula is C14H20N2O5. The zero-order valence-corrected chi connectivity index (χ0v) is 11.9. The van der Waals surface area contributed by atoms with Gasteiger partial charge in [0.1, 0.15) is 19.3 Å². The molecule has 0 fully saturated rings. The number of esters is 1. The van der Waals surface area contributed by atoms with E-state index in [2.05, 4.69) is 5.32 Å². The largest absolute Gasteiger partial charge is 0.462 e. The molecule has 116 valence electrons. The second kappa shape index (κ2) is 9.73. The van der Waals surface area contributed by atoms with Crippen molar-refractivity contribution in [2.24, 2.45) is 5.73 Å². The van der Waals surface area contributed by atoms with Gasteiger partial charge in [0.2, 0.25) is 0 Å². The number of ether oxygens (including phenoxy) is 3. The van der Waals surface area contributed by atoms with Crippen LogP contribution in [0.4, 0.5) is 4.79 Å². The van der Waals surface area contributed by atoms with E-state index >= 15 is 0 Å². The molecule has 0 heterocycles. The molecule has 0 unspecified atom stereocenters. The first-order valence-electron chi connectivity index (χ1n) is 6.50. The van der Waals surface area contributed by atoms with E-state index in [0.717, 1.165) is 5.56 Å². The molecular weight excluding hydrogens is 276 g/mol. The SMILES string of the molecule is COCCOC(=O)[C@@H](CN)NC(=O)OCc1ccccc1. The van der Waals surface area contributed by atoms with Crippen molar-refractivity contribution < 1.29 is 23.8 Å². The van der Waals surface area contributed by atoms with E-state index in [1.165, 1.54) is 7.11 Å². The van der Waals surface area contributed by atoms with E-state index in [9.17, 15) is 9.59 Å². The van der Waals surface area contributed by atoms with Crippen LogP contribution in [-0.2, 0) is 25.6 Å². The molecule has 0 saturated carbocycles. The number of hydrogen-bond acceptors (Lipinski definition) is 6. The average Bonchev–Trinajstić information content (AvgIpc) is 2.51. The fourth-order valence-corrected chi connectivity index (χ4v) is 1.45. The van der Waals surface area contributed by atoms with Gasteiger partial charge in [-0.1, -0.05) is 30.3 Å². The van der Waals surface area contributed by atoms with Gasteiger partial charge in [-0.05, 0) is 5.56 Å². The molecule has 1 amide bonds. The van der Waals surface area contributed by atoms with E-state index in [1.807, 2.05) is 30.3 Å². The number of carbonyl (C=O) groups is 2. The van der Waals surface area contributed by atoms with Gasteiger partial charge in [0, 0.05) is 13.7 Å². The maximum Gasteiger partial charge on any atom is 0.408 e. The number of rotatable bonds is 8. The Morgan fingerprint density at radius 2 is 1.90 bits per heavy atom. The van der Waals surface area contributed by atoms with Gasteiger partial charge >= 0.3 is 12.1 Å². The lowest BCUT2D eigenvalue weighted by atomic mass is 10.2. The fourth-order valence-electron chi connectivity index (χ4n) is 1.45. The second-order valence-electron chi connectivity index (χ2n) is 4.15. The Hall–Kier alpha value is -2.12. The predicted octanol–water partition coefficient (Wildman–Crippen LogP) is 0.430. The van der Waals surface area contributed by atoms with Crippen molar-refractivity contribution in [3.8, 4) is 0 Å². The third-order valence-electron chi connectivity index (χ3n) is 2.56. The van der Waals surface area contributed by atoms with Gasteiger partial charge in [-0.25, -0.2) is 9.59 Å². The van der Waals surface area contributed by atoms with Crippen molar-refractivity contribution in [1.82, 2.24) is 5.32 Å². The maximum atomic E-state index is 11.6. The first-order chi connectivity index (χ1) is 10.2. The van der Waals surface area contributed by atoms with Crippen LogP contribution in [0.3, 0.4) is 0 Å². The summed E-state index contributed by atoms with van der Waals surface area (Å²) in [4.78, 5) is 23.2. The average molecular weight is 296 g/mol. The van der Waals surface area contributed by atoms with E-state index < -0.39 is 18.1 Å². The molecule has 0 saturated heterocycles. The van der Waals surface area contributed by atoms with Crippen molar-refractivity contribution in [3.63, 3.8) is 0 Å². The molecule has 3 N–H and O–H groups in total. The van der Waals surface area contributed by atoms with Gasteiger partial charge in [0.15, 0.2) is 0 Å². The summed E-state index contributed by atoms with van der Waals surface area (Å²) in [6.45, 7) is 0.420. The first kappa shape index (κ1) is 16.9. The summed E-state index contributed by atoms with van der Waals surface area (Å²) >= 11 is 0. The molecule has 0 spiro atoms. The maximum absolute atomic E-state index is 11.6. The lowest BCUT2D eigenvalue weighted by molar-refractivity contribution is -0.147. The van der Waals surface area contributed by atoms with E-state index in [1.54, 1.807) is 0 Å². The van der Waals surface area contributed by atoms with Crippen LogP contribution >= 0.6 is 0 Å². The molecule has 21 heavy (non-hydrogen) atoms. The molecule has 1 aromatic carbocycles. The number of carbonyl (C=O) groups excluding carboxylic acids is 2. The van der Waals surface area contributed by atoms with Crippen LogP contribution in [0.15, 0.2) is 30.3 Å². The van der Waals surface area contributed by atoms with Crippen molar-refractivity contribution >= 4 is 12.1 Å². The Balaban J connectivity index is 2.34. The summed E-state index contributed by atoms with van der Waals surface area (Å²) < 4.78 is 14.6. The molecule has 0 aliphatic rings. The standard InChI is InChI=1S/C14H20N2O5/c1-19-7-8-20-13(17)12(9-15)16-14(18)21-10-11-5-3-2-4-6-11/h2-6,12H,7-10,15H2,1H3,(H,16,18)/t12-/m1/s1. The van der Waals surface area contributed by atoms with Crippen LogP contribution in [0, 0.1) is 0 Å². The first-order valence-corrected chi connectivity index (χ1v) is 6.50. The number of methoxy groups -OCH3 is 1. The number of nitrogens with two attached hydrogens (primary N) is 1. The van der Waals surface area contributed by atoms with Crippen molar-refractivity contribution in [1.29, 1.82) is 0 Å². The summed E-state index contributed by atoms with van der Waals surface area (Å²) in [7, 11) is 1.49. The molecule has 1 rings (SSSR count). The lowest BCUT2D eigenvalue weighted by Gasteiger charge is -2.15. The number of alkyl carbamates (subject to hydrolysis) is 1. The summed E-state index contributed by atoms with van der Waals surface area (Å²) in [5, 5.41) is 2.36. The molecule has 0 aliphatic heterocycles. The van der Waals surface area contributed by atoms with Crippen LogP contribution < -0.4 is 11.1 Å². The lowest BCUT2D eigenvalue weighted by Crippen LogP contribution is -2.47. The molecule has 7 heteroatoms. The molecule has 0 aliphatic carbocycles. The van der Waals surface area contributed by atoms with Gasteiger partial charge in [-0.2, -0.15) is 0 Å². The zero-order chi connectivity index (χ0) is 15.5. The molecule has 0 bridgehead atoms. The third kappa shape index (κ3) is 6.73. The van der Waals surface area contributed by atoms with Crippen molar-refractivity contribution in [3.05, 3.63) is 35.9 Å². The van der Waals surface area contributed by atoms with Gasteiger partial charge in [0.05, 0.1) is 6.61 Å². The van der Waals surface area contributed by atoms with Crippen molar-refractivity contribution in [2.75, 3.05) is 26.9 Å². The zero-order valence-electron chi connectivity index (χ0n) is 11.9. The van der Waals surface area contributed by atoms with Crippen LogP contribution in [0.1, 0.15) is 5.56 Å². The molecule has 7 nitrogen and oxygen atoms in total. The number of amides is 1. The van der Waals surface area contributed by atoms with Crippen LogP contribution in [0.2, 0.25) is 0 Å². The molecule has 0 radical (unpaired) electrons.